The Morgan fingerprint density at radius 1 is 0.500 bits per heavy atom. The van der Waals surface area contributed by atoms with Crippen LogP contribution in [-0.2, 0) is 6.42 Å². The van der Waals surface area contributed by atoms with Crippen molar-refractivity contribution in [1.29, 1.82) is 0 Å². The molecule has 0 amide bonds. The molecule has 0 bridgehead atoms. The lowest BCUT2D eigenvalue weighted by atomic mass is 9.80. The summed E-state index contributed by atoms with van der Waals surface area (Å²) in [5, 5.41) is 10.6. The summed E-state index contributed by atoms with van der Waals surface area (Å²) in [6, 6.07) is 54.1. The molecule has 2 aliphatic rings. The normalized spacial score (nSPS) is 15.0. The molecule has 3 nitrogen and oxygen atoms in total. The van der Waals surface area contributed by atoms with Gasteiger partial charge in [0.15, 0.2) is 0 Å². The first-order chi connectivity index (χ1) is 25.8. The third-order valence-corrected chi connectivity index (χ3v) is 12.3. The van der Waals surface area contributed by atoms with E-state index < -0.39 is 0 Å². The first-order valence-corrected chi connectivity index (χ1v) is 18.4. The summed E-state index contributed by atoms with van der Waals surface area (Å²) in [7, 11) is 0. The number of aromatic nitrogens is 3. The Kier molecular flexibility index (Phi) is 5.02. The molecule has 240 valence electrons. The molecule has 1 atom stereocenters. The van der Waals surface area contributed by atoms with E-state index in [0.717, 1.165) is 35.3 Å². The van der Waals surface area contributed by atoms with Gasteiger partial charge in [0.05, 0.1) is 39.0 Å². The molecular weight excluding hydrogens is 631 g/mol. The predicted molar refractivity (Wildman–Crippen MR) is 216 cm³/mol. The zero-order valence-corrected chi connectivity index (χ0v) is 28.2. The van der Waals surface area contributed by atoms with Crippen molar-refractivity contribution in [3.8, 4) is 33.6 Å². The summed E-state index contributed by atoms with van der Waals surface area (Å²) in [4.78, 5) is 10.4. The van der Waals surface area contributed by atoms with E-state index >= 15 is 0 Å². The lowest BCUT2D eigenvalue weighted by molar-refractivity contribution is 0.735. The summed E-state index contributed by atoms with van der Waals surface area (Å²) in [6.07, 6.45) is 2.01. The minimum atomic E-state index is 0.198. The minimum absolute atomic E-state index is 0.198. The molecule has 2 aliphatic carbocycles. The van der Waals surface area contributed by atoms with Gasteiger partial charge in [-0.05, 0) is 87.1 Å². The van der Waals surface area contributed by atoms with Gasteiger partial charge in [0.2, 0.25) is 0 Å². The van der Waals surface area contributed by atoms with Crippen LogP contribution < -0.4 is 0 Å². The van der Waals surface area contributed by atoms with Crippen LogP contribution in [0.4, 0.5) is 0 Å². The number of para-hydroxylation sites is 4. The van der Waals surface area contributed by atoms with Crippen LogP contribution in [-0.4, -0.2) is 14.4 Å². The Balaban J connectivity index is 1.13. The summed E-state index contributed by atoms with van der Waals surface area (Å²) in [6.45, 7) is 0. The highest BCUT2D eigenvalue weighted by Crippen LogP contribution is 2.54. The first-order valence-electron chi connectivity index (χ1n) is 18.4. The second-order valence-electron chi connectivity index (χ2n) is 14.7. The lowest BCUT2D eigenvalue weighted by Crippen LogP contribution is -2.04. The van der Waals surface area contributed by atoms with Crippen molar-refractivity contribution in [2.45, 2.75) is 18.8 Å². The Labute approximate surface area is 298 Å². The van der Waals surface area contributed by atoms with Gasteiger partial charge in [-0.25, -0.2) is 9.97 Å². The van der Waals surface area contributed by atoms with Gasteiger partial charge in [0.25, 0.3) is 0 Å². The molecule has 1 unspecified atom stereocenters. The maximum atomic E-state index is 5.18. The molecule has 0 saturated carbocycles. The summed E-state index contributed by atoms with van der Waals surface area (Å²) < 4.78 is 2.52. The Hall–Kier alpha value is -6.58. The number of benzene rings is 8. The Morgan fingerprint density at radius 2 is 1.15 bits per heavy atom. The molecule has 0 spiro atoms. The van der Waals surface area contributed by atoms with Crippen molar-refractivity contribution in [3.63, 3.8) is 0 Å². The van der Waals surface area contributed by atoms with Crippen LogP contribution in [0.3, 0.4) is 0 Å². The van der Waals surface area contributed by atoms with Gasteiger partial charge in [-0.2, -0.15) is 0 Å². The van der Waals surface area contributed by atoms with E-state index in [0.29, 0.717) is 0 Å². The molecule has 8 aromatic carbocycles. The van der Waals surface area contributed by atoms with Crippen molar-refractivity contribution in [2.75, 3.05) is 0 Å². The monoisotopic (exact) mass is 659 g/mol. The van der Waals surface area contributed by atoms with Crippen LogP contribution in [0.15, 0.2) is 146 Å². The van der Waals surface area contributed by atoms with Crippen molar-refractivity contribution in [2.24, 2.45) is 0 Å². The van der Waals surface area contributed by atoms with Crippen LogP contribution in [0.2, 0.25) is 0 Å². The second-order valence-corrected chi connectivity index (χ2v) is 14.7. The topological polar surface area (TPSA) is 30.2 Å². The number of hydrogen-bond donors (Lipinski definition) is 0. The van der Waals surface area contributed by atoms with E-state index in [4.69, 9.17) is 9.97 Å². The van der Waals surface area contributed by atoms with Crippen molar-refractivity contribution >= 4 is 70.7 Å². The van der Waals surface area contributed by atoms with E-state index in [1.54, 1.807) is 0 Å². The standard InChI is InChI=1S/C49H29N3/c1-2-11-29-27(10-1)20-23-35-43-28(26-38-31-12-3-7-18-41(31)52-42-19-8-4-13-34(42)46(43)49(38)52)21-22-33(44(29)35)30-24-25-37-45-32(30)14-9-15-36(45)47-48(37)51-40-17-6-5-16-39(40)50-47/h1-20,23-26,33H,21-22H2. The fourth-order valence-electron chi connectivity index (χ4n) is 10.2. The van der Waals surface area contributed by atoms with Crippen molar-refractivity contribution in [3.05, 3.63) is 162 Å². The Bertz CT molecular complexity index is 3320. The van der Waals surface area contributed by atoms with E-state index in [-0.39, 0.29) is 5.92 Å². The number of fused-ring (bicyclic) bond motifs is 16. The predicted octanol–water partition coefficient (Wildman–Crippen LogP) is 12.5. The fourth-order valence-corrected chi connectivity index (χ4v) is 10.2. The van der Waals surface area contributed by atoms with Crippen molar-refractivity contribution < 1.29 is 0 Å². The summed E-state index contributed by atoms with van der Waals surface area (Å²) >= 11 is 0. The molecule has 0 saturated heterocycles. The first kappa shape index (κ1) is 27.2. The molecule has 0 aliphatic heterocycles. The largest absolute Gasteiger partial charge is 0.308 e. The van der Waals surface area contributed by atoms with Gasteiger partial charge in [-0.1, -0.05) is 115 Å². The van der Waals surface area contributed by atoms with Crippen LogP contribution in [0.1, 0.15) is 29.0 Å². The molecule has 0 fully saturated rings. The van der Waals surface area contributed by atoms with Crippen LogP contribution in [0.5, 0.6) is 0 Å². The molecule has 3 aromatic heterocycles. The van der Waals surface area contributed by atoms with Gasteiger partial charge < -0.3 is 4.40 Å². The summed E-state index contributed by atoms with van der Waals surface area (Å²) in [5.74, 6) is 0.198. The molecule has 3 heteroatoms. The van der Waals surface area contributed by atoms with E-state index in [1.807, 2.05) is 12.1 Å². The minimum Gasteiger partial charge on any atom is -0.308 e. The smallest absolute Gasteiger partial charge is 0.0979 e. The zero-order valence-electron chi connectivity index (χ0n) is 28.2. The third-order valence-electron chi connectivity index (χ3n) is 12.3. The van der Waals surface area contributed by atoms with E-state index in [1.165, 1.54) is 98.6 Å². The Morgan fingerprint density at radius 3 is 1.98 bits per heavy atom. The average molecular weight is 660 g/mol. The SMILES string of the molecule is c1ccc2c3c(ccc2c1)-c1c(cc2c4ccccc4n4c5ccccc5c1c24)CCC3c1ccc2c3c(cccc13)-c1nc3ccccc3nc1-2. The highest BCUT2D eigenvalue weighted by atomic mass is 14.9. The van der Waals surface area contributed by atoms with Gasteiger partial charge >= 0.3 is 0 Å². The van der Waals surface area contributed by atoms with Gasteiger partial charge in [-0.15, -0.1) is 0 Å². The van der Waals surface area contributed by atoms with Crippen LogP contribution in [0, 0.1) is 0 Å². The number of hydrogen-bond acceptors (Lipinski definition) is 2. The molecule has 52 heavy (non-hydrogen) atoms. The maximum absolute atomic E-state index is 5.18. The highest BCUT2D eigenvalue weighted by molar-refractivity contribution is 6.28. The van der Waals surface area contributed by atoms with E-state index in [2.05, 4.69) is 138 Å². The summed E-state index contributed by atoms with van der Waals surface area (Å²) in [5.41, 5.74) is 17.2. The molecular formula is C49H29N3. The molecule has 13 rings (SSSR count). The zero-order chi connectivity index (χ0) is 33.7. The molecule has 3 heterocycles. The average Bonchev–Trinajstić information content (AvgIpc) is 3.78. The highest BCUT2D eigenvalue weighted by Gasteiger charge is 2.33. The number of nitrogens with zero attached hydrogens (tertiary/aromatic N) is 3. The van der Waals surface area contributed by atoms with Crippen LogP contribution >= 0.6 is 0 Å². The van der Waals surface area contributed by atoms with Gasteiger partial charge in [0, 0.05) is 44.0 Å². The molecule has 11 aromatic rings. The van der Waals surface area contributed by atoms with E-state index in [9.17, 15) is 0 Å². The third kappa shape index (κ3) is 3.28. The van der Waals surface area contributed by atoms with Gasteiger partial charge in [-0.3, -0.25) is 0 Å². The number of aryl methyl sites for hydroxylation is 1. The second kappa shape index (κ2) is 9.60. The molecule has 0 radical (unpaired) electrons. The fraction of sp³-hybridized carbons (Fsp3) is 0.0612. The van der Waals surface area contributed by atoms with Crippen LogP contribution in [0.25, 0.3) is 104 Å². The number of rotatable bonds is 1. The molecule has 0 N–H and O–H groups in total. The quantitative estimate of drug-likeness (QED) is 0.176. The van der Waals surface area contributed by atoms with Gasteiger partial charge in [0.1, 0.15) is 0 Å². The van der Waals surface area contributed by atoms with Crippen molar-refractivity contribution in [1.82, 2.24) is 14.4 Å². The maximum Gasteiger partial charge on any atom is 0.0979 e. The lowest BCUT2D eigenvalue weighted by Gasteiger charge is -2.23.